The average molecular weight is 258 g/mol. The van der Waals surface area contributed by atoms with Gasteiger partial charge >= 0.3 is 5.97 Å². The minimum absolute atomic E-state index is 0.0397. The van der Waals surface area contributed by atoms with E-state index in [1.165, 1.54) is 17.7 Å². The Morgan fingerprint density at radius 2 is 2.24 bits per heavy atom. The quantitative estimate of drug-likeness (QED) is 0.856. The maximum absolute atomic E-state index is 13.5. The van der Waals surface area contributed by atoms with Gasteiger partial charge in [0.2, 0.25) is 0 Å². The summed E-state index contributed by atoms with van der Waals surface area (Å²) in [6.07, 6.45) is 0. The van der Waals surface area contributed by atoms with Crippen molar-refractivity contribution in [2.45, 2.75) is 5.16 Å². The third-order valence-electron chi connectivity index (χ3n) is 2.21. The largest absolute Gasteiger partial charge is 0.481 e. The highest BCUT2D eigenvalue weighted by Gasteiger charge is 2.16. The lowest BCUT2D eigenvalue weighted by Gasteiger charge is -2.00. The molecule has 0 spiro atoms. The first-order valence-electron chi connectivity index (χ1n) is 4.65. The summed E-state index contributed by atoms with van der Waals surface area (Å²) >= 11 is 0.959. The van der Waals surface area contributed by atoms with E-state index in [2.05, 4.69) is 4.98 Å². The van der Waals surface area contributed by atoms with Crippen molar-refractivity contribution in [3.8, 4) is 0 Å². The molecule has 1 N–H and O–H groups in total. The monoisotopic (exact) mass is 258 g/mol. The van der Waals surface area contributed by atoms with E-state index in [4.69, 9.17) is 5.11 Å². The summed E-state index contributed by atoms with van der Waals surface area (Å²) in [7, 11) is 1.52. The van der Waals surface area contributed by atoms with Crippen molar-refractivity contribution < 1.29 is 18.7 Å². The van der Waals surface area contributed by atoms with E-state index in [0.717, 1.165) is 17.8 Å². The molecule has 0 aliphatic heterocycles. The Morgan fingerprint density at radius 3 is 2.88 bits per heavy atom. The second-order valence-corrected chi connectivity index (χ2v) is 4.31. The number of rotatable bonds is 3. The molecule has 0 saturated heterocycles. The van der Waals surface area contributed by atoms with E-state index in [1.807, 2.05) is 0 Å². The molecule has 0 radical (unpaired) electrons. The number of imidazole rings is 1. The summed E-state index contributed by atoms with van der Waals surface area (Å²) in [6.45, 7) is 0. The maximum Gasteiger partial charge on any atom is 0.313 e. The molecule has 17 heavy (non-hydrogen) atoms. The Balaban J connectivity index is 2.50. The summed E-state index contributed by atoms with van der Waals surface area (Å²) in [5.41, 5.74) is 0.345. The summed E-state index contributed by atoms with van der Waals surface area (Å²) in [4.78, 5) is 14.5. The number of benzene rings is 1. The molecule has 0 fully saturated rings. The van der Waals surface area contributed by atoms with Crippen molar-refractivity contribution in [1.82, 2.24) is 9.55 Å². The molecule has 0 unspecified atom stereocenters. The van der Waals surface area contributed by atoms with Gasteiger partial charge in [0.25, 0.3) is 0 Å². The first-order chi connectivity index (χ1) is 8.00. The van der Waals surface area contributed by atoms with E-state index in [-0.39, 0.29) is 11.3 Å². The van der Waals surface area contributed by atoms with Crippen LogP contribution < -0.4 is 0 Å². The Kier molecular flexibility index (Phi) is 3.01. The molecule has 0 saturated carbocycles. The number of hydrogen-bond acceptors (Lipinski definition) is 3. The third kappa shape index (κ3) is 2.10. The van der Waals surface area contributed by atoms with Gasteiger partial charge in [0.15, 0.2) is 16.8 Å². The van der Waals surface area contributed by atoms with E-state index in [0.29, 0.717) is 10.7 Å². The molecule has 1 heterocycles. The number of nitrogens with zero attached hydrogens (tertiary/aromatic N) is 2. The number of carbonyl (C=O) groups is 1. The lowest BCUT2D eigenvalue weighted by Crippen LogP contribution is -2.00. The van der Waals surface area contributed by atoms with Gasteiger partial charge in [0.05, 0.1) is 11.3 Å². The SMILES string of the molecule is Cn1c(SCC(=O)O)nc2ccc(F)c(F)c21. The van der Waals surface area contributed by atoms with E-state index >= 15 is 0 Å². The van der Waals surface area contributed by atoms with Gasteiger partial charge in [-0.25, -0.2) is 13.8 Å². The number of halogens is 2. The van der Waals surface area contributed by atoms with Crippen molar-refractivity contribution in [2.24, 2.45) is 7.05 Å². The fourth-order valence-corrected chi connectivity index (χ4v) is 2.17. The van der Waals surface area contributed by atoms with Gasteiger partial charge in [0, 0.05) is 7.05 Å². The fourth-order valence-electron chi connectivity index (χ4n) is 1.47. The first-order valence-corrected chi connectivity index (χ1v) is 5.64. The Morgan fingerprint density at radius 1 is 1.53 bits per heavy atom. The van der Waals surface area contributed by atoms with Crippen molar-refractivity contribution in [3.05, 3.63) is 23.8 Å². The zero-order chi connectivity index (χ0) is 12.6. The smallest absolute Gasteiger partial charge is 0.313 e. The number of aliphatic carboxylic acids is 1. The summed E-state index contributed by atoms with van der Waals surface area (Å²) in [5.74, 6) is -3.09. The second kappa shape index (κ2) is 4.33. The Hall–Kier alpha value is -1.63. The van der Waals surface area contributed by atoms with Crippen LogP contribution in [0.2, 0.25) is 0 Å². The van der Waals surface area contributed by atoms with Gasteiger partial charge in [-0.1, -0.05) is 11.8 Å². The molecule has 2 rings (SSSR count). The minimum atomic E-state index is -0.992. The van der Waals surface area contributed by atoms with Gasteiger partial charge in [-0.3, -0.25) is 4.79 Å². The zero-order valence-corrected chi connectivity index (χ0v) is 9.59. The topological polar surface area (TPSA) is 55.1 Å². The standard InChI is InChI=1S/C10H8F2N2O2S/c1-14-9-6(3-2-5(11)8(9)12)13-10(14)17-4-7(15)16/h2-3H,4H2,1H3,(H,15,16). The molecule has 2 aromatic rings. The highest BCUT2D eigenvalue weighted by atomic mass is 32.2. The third-order valence-corrected chi connectivity index (χ3v) is 3.23. The minimum Gasteiger partial charge on any atom is -0.481 e. The summed E-state index contributed by atoms with van der Waals surface area (Å²) < 4.78 is 27.9. The maximum atomic E-state index is 13.5. The molecule has 1 aromatic carbocycles. The van der Waals surface area contributed by atoms with Crippen LogP contribution in [0.4, 0.5) is 8.78 Å². The lowest BCUT2D eigenvalue weighted by molar-refractivity contribution is -0.133. The number of aryl methyl sites for hydroxylation is 1. The van der Waals surface area contributed by atoms with Crippen molar-refractivity contribution in [3.63, 3.8) is 0 Å². The van der Waals surface area contributed by atoms with Crippen LogP contribution >= 0.6 is 11.8 Å². The van der Waals surface area contributed by atoms with Crippen LogP contribution in [0.25, 0.3) is 11.0 Å². The first kappa shape index (κ1) is 11.8. The van der Waals surface area contributed by atoms with Crippen molar-refractivity contribution >= 4 is 28.8 Å². The lowest BCUT2D eigenvalue weighted by atomic mass is 10.3. The number of fused-ring (bicyclic) bond motifs is 1. The zero-order valence-electron chi connectivity index (χ0n) is 8.78. The van der Waals surface area contributed by atoms with E-state index in [9.17, 15) is 13.6 Å². The van der Waals surface area contributed by atoms with E-state index < -0.39 is 17.6 Å². The highest BCUT2D eigenvalue weighted by Crippen LogP contribution is 2.25. The number of carboxylic acid groups (broad SMARTS) is 1. The molecule has 0 atom stereocenters. The number of hydrogen-bond donors (Lipinski definition) is 1. The van der Waals surface area contributed by atoms with Crippen LogP contribution in [0.3, 0.4) is 0 Å². The summed E-state index contributed by atoms with van der Waals surface area (Å²) in [6, 6.07) is 2.36. The second-order valence-electron chi connectivity index (χ2n) is 3.36. The molecule has 7 heteroatoms. The fraction of sp³-hybridized carbons (Fsp3) is 0.200. The predicted octanol–water partition coefficient (Wildman–Crippen LogP) is 2.03. The van der Waals surface area contributed by atoms with Gasteiger partial charge in [-0.2, -0.15) is 0 Å². The molecule has 0 aliphatic carbocycles. The normalized spacial score (nSPS) is 11.0. The highest BCUT2D eigenvalue weighted by molar-refractivity contribution is 7.99. The molecule has 0 bridgehead atoms. The average Bonchev–Trinajstić information content (AvgIpc) is 2.59. The molecule has 1 aromatic heterocycles. The molecule has 90 valence electrons. The van der Waals surface area contributed by atoms with Gasteiger partial charge < -0.3 is 9.67 Å². The van der Waals surface area contributed by atoms with Crippen LogP contribution in [-0.2, 0) is 11.8 Å². The van der Waals surface area contributed by atoms with Crippen LogP contribution in [0, 0.1) is 11.6 Å². The Labute approximate surface area is 99.3 Å². The van der Waals surface area contributed by atoms with Gasteiger partial charge in [-0.05, 0) is 12.1 Å². The van der Waals surface area contributed by atoms with Crippen molar-refractivity contribution in [1.29, 1.82) is 0 Å². The van der Waals surface area contributed by atoms with Crippen molar-refractivity contribution in [2.75, 3.05) is 5.75 Å². The summed E-state index contributed by atoms with van der Waals surface area (Å²) in [5, 5.41) is 8.89. The molecular weight excluding hydrogens is 250 g/mol. The number of carboxylic acids is 1. The molecule has 0 amide bonds. The van der Waals surface area contributed by atoms with Crippen LogP contribution in [0.15, 0.2) is 17.3 Å². The van der Waals surface area contributed by atoms with Crippen LogP contribution in [0.1, 0.15) is 0 Å². The Bertz CT molecular complexity index is 597. The van der Waals surface area contributed by atoms with E-state index in [1.54, 1.807) is 0 Å². The van der Waals surface area contributed by atoms with Gasteiger partial charge in [-0.15, -0.1) is 0 Å². The molecule has 4 nitrogen and oxygen atoms in total. The van der Waals surface area contributed by atoms with Gasteiger partial charge in [0.1, 0.15) is 5.52 Å². The van der Waals surface area contributed by atoms with Crippen LogP contribution in [-0.4, -0.2) is 26.4 Å². The number of aromatic nitrogens is 2. The molecule has 0 aliphatic rings. The number of thioether (sulfide) groups is 1. The molecular formula is C10H8F2N2O2S. The predicted molar refractivity (Wildman–Crippen MR) is 59.0 cm³/mol. The van der Waals surface area contributed by atoms with Crippen LogP contribution in [0.5, 0.6) is 0 Å².